The number of ether oxygens (including phenoxy) is 3. The molecule has 1 atom stereocenters. The second-order valence-corrected chi connectivity index (χ2v) is 4.61. The molecule has 1 aromatic heterocycles. The normalized spacial score (nSPS) is 12.1. The fraction of sp³-hybridized carbons (Fsp3) is 0.571. The molecule has 0 aliphatic carbocycles. The number of halogens is 1. The number of aromatic nitrogens is 1. The van der Waals surface area contributed by atoms with E-state index >= 15 is 0 Å². The van der Waals surface area contributed by atoms with Crippen LogP contribution in [0.4, 0.5) is 0 Å². The molecule has 0 N–H and O–H groups in total. The van der Waals surface area contributed by atoms with Gasteiger partial charge in [0.15, 0.2) is 0 Å². The first-order valence-electron chi connectivity index (χ1n) is 6.53. The highest BCUT2D eigenvalue weighted by molar-refractivity contribution is 6.32. The van der Waals surface area contributed by atoms with Gasteiger partial charge in [-0.1, -0.05) is 18.5 Å². The quantitative estimate of drug-likeness (QED) is 0.572. The van der Waals surface area contributed by atoms with Crippen LogP contribution in [-0.4, -0.2) is 37.4 Å². The molecule has 0 aliphatic heterocycles. The van der Waals surface area contributed by atoms with Crippen LogP contribution in [0.2, 0.25) is 5.15 Å². The van der Waals surface area contributed by atoms with Gasteiger partial charge in [0.1, 0.15) is 22.6 Å². The van der Waals surface area contributed by atoms with Gasteiger partial charge in [-0.3, -0.25) is 0 Å². The highest BCUT2D eigenvalue weighted by Crippen LogP contribution is 2.28. The van der Waals surface area contributed by atoms with Gasteiger partial charge in [0.05, 0.1) is 13.2 Å². The Morgan fingerprint density at radius 2 is 2.15 bits per heavy atom. The molecule has 112 valence electrons. The first-order chi connectivity index (χ1) is 9.53. The lowest BCUT2D eigenvalue weighted by Gasteiger charge is -2.19. The number of pyridine rings is 1. The standard InChI is InChI=1S/C14H20ClNO4/c1-5-10(8-18-4)20-11-7-9(3)16-13(15)12(11)14(17)19-6-2/h7,10H,5-6,8H2,1-4H3. The lowest BCUT2D eigenvalue weighted by atomic mass is 10.2. The van der Waals surface area contributed by atoms with Crippen molar-refractivity contribution in [2.75, 3.05) is 20.3 Å². The molecule has 5 nitrogen and oxygen atoms in total. The zero-order chi connectivity index (χ0) is 15.1. The molecule has 0 spiro atoms. The number of methoxy groups -OCH3 is 1. The Balaban J connectivity index is 3.12. The monoisotopic (exact) mass is 301 g/mol. The van der Waals surface area contributed by atoms with Crippen LogP contribution in [-0.2, 0) is 9.47 Å². The molecule has 1 unspecified atom stereocenters. The Morgan fingerprint density at radius 1 is 1.45 bits per heavy atom. The highest BCUT2D eigenvalue weighted by Gasteiger charge is 2.22. The van der Waals surface area contributed by atoms with Gasteiger partial charge in [0, 0.05) is 18.9 Å². The van der Waals surface area contributed by atoms with E-state index in [9.17, 15) is 4.79 Å². The second kappa shape index (κ2) is 8.07. The predicted octanol–water partition coefficient (Wildman–Crippen LogP) is 3.02. The number of carbonyl (C=O) groups is 1. The SMILES string of the molecule is CCOC(=O)c1c(OC(CC)COC)cc(C)nc1Cl. The summed E-state index contributed by atoms with van der Waals surface area (Å²) in [6.07, 6.45) is 0.584. The molecule has 6 heteroatoms. The Hall–Kier alpha value is -1.33. The van der Waals surface area contributed by atoms with Crippen molar-refractivity contribution >= 4 is 17.6 Å². The van der Waals surface area contributed by atoms with Crippen molar-refractivity contribution in [2.24, 2.45) is 0 Å². The minimum absolute atomic E-state index is 0.0886. The Morgan fingerprint density at radius 3 is 2.70 bits per heavy atom. The Bertz CT molecular complexity index is 465. The number of nitrogens with zero attached hydrogens (tertiary/aromatic N) is 1. The first kappa shape index (κ1) is 16.7. The molecule has 0 aromatic carbocycles. The van der Waals surface area contributed by atoms with Gasteiger partial charge in [-0.05, 0) is 20.3 Å². The summed E-state index contributed by atoms with van der Waals surface area (Å²) in [5.74, 6) is -0.155. The number of rotatable bonds is 7. The van der Waals surface area contributed by atoms with Crippen molar-refractivity contribution in [3.63, 3.8) is 0 Å². The van der Waals surface area contributed by atoms with Crippen molar-refractivity contribution in [1.82, 2.24) is 4.98 Å². The van der Waals surface area contributed by atoms with E-state index in [0.717, 1.165) is 6.42 Å². The maximum absolute atomic E-state index is 12.0. The molecule has 1 heterocycles. The van der Waals surface area contributed by atoms with Crippen LogP contribution in [0.25, 0.3) is 0 Å². The molecular formula is C14H20ClNO4. The third-order valence-corrected chi connectivity index (χ3v) is 2.92. The van der Waals surface area contributed by atoms with Crippen LogP contribution in [0.3, 0.4) is 0 Å². The Kier molecular flexibility index (Phi) is 6.75. The van der Waals surface area contributed by atoms with Crippen LogP contribution < -0.4 is 4.74 Å². The fourth-order valence-corrected chi connectivity index (χ4v) is 1.99. The van der Waals surface area contributed by atoms with Crippen molar-refractivity contribution in [3.8, 4) is 5.75 Å². The van der Waals surface area contributed by atoms with Crippen molar-refractivity contribution < 1.29 is 19.0 Å². The van der Waals surface area contributed by atoms with Crippen LogP contribution in [0.1, 0.15) is 36.3 Å². The van der Waals surface area contributed by atoms with Gasteiger partial charge < -0.3 is 14.2 Å². The van der Waals surface area contributed by atoms with Crippen LogP contribution in [0.15, 0.2) is 6.07 Å². The fourth-order valence-electron chi connectivity index (χ4n) is 1.69. The molecule has 0 aliphatic rings. The summed E-state index contributed by atoms with van der Waals surface area (Å²) in [5, 5.41) is 0.0886. The van der Waals surface area contributed by atoms with Crippen LogP contribution in [0, 0.1) is 6.92 Å². The number of esters is 1. The van der Waals surface area contributed by atoms with Crippen molar-refractivity contribution in [1.29, 1.82) is 0 Å². The van der Waals surface area contributed by atoms with Gasteiger partial charge in [-0.2, -0.15) is 0 Å². The van der Waals surface area contributed by atoms with Gasteiger partial charge in [-0.25, -0.2) is 9.78 Å². The van der Waals surface area contributed by atoms with E-state index in [-0.39, 0.29) is 23.4 Å². The topological polar surface area (TPSA) is 57.7 Å². The van der Waals surface area contributed by atoms with Gasteiger partial charge in [-0.15, -0.1) is 0 Å². The largest absolute Gasteiger partial charge is 0.487 e. The molecule has 1 rings (SSSR count). The van der Waals surface area contributed by atoms with Gasteiger partial charge >= 0.3 is 5.97 Å². The van der Waals surface area contributed by atoms with Crippen molar-refractivity contribution in [2.45, 2.75) is 33.3 Å². The maximum Gasteiger partial charge on any atom is 0.345 e. The summed E-state index contributed by atoms with van der Waals surface area (Å²) in [7, 11) is 1.60. The van der Waals surface area contributed by atoms with Crippen LogP contribution in [0.5, 0.6) is 5.75 Å². The summed E-state index contributed by atoms with van der Waals surface area (Å²) < 4.78 is 15.9. The van der Waals surface area contributed by atoms with E-state index < -0.39 is 5.97 Å². The molecule has 0 amide bonds. The highest BCUT2D eigenvalue weighted by atomic mass is 35.5. The minimum Gasteiger partial charge on any atom is -0.487 e. The minimum atomic E-state index is -0.535. The lowest BCUT2D eigenvalue weighted by Crippen LogP contribution is -2.23. The molecule has 0 bridgehead atoms. The maximum atomic E-state index is 12.0. The molecule has 1 aromatic rings. The summed E-state index contributed by atoms with van der Waals surface area (Å²) in [6, 6.07) is 1.68. The summed E-state index contributed by atoms with van der Waals surface area (Å²) in [5.41, 5.74) is 0.832. The third-order valence-electron chi connectivity index (χ3n) is 2.65. The smallest absolute Gasteiger partial charge is 0.345 e. The number of hydrogen-bond acceptors (Lipinski definition) is 5. The summed E-state index contributed by atoms with van der Waals surface area (Å²) in [4.78, 5) is 16.0. The zero-order valence-electron chi connectivity index (χ0n) is 12.2. The number of aryl methyl sites for hydroxylation is 1. The van der Waals surface area contributed by atoms with E-state index in [4.69, 9.17) is 25.8 Å². The molecule has 0 radical (unpaired) electrons. The third kappa shape index (κ3) is 4.35. The summed E-state index contributed by atoms with van der Waals surface area (Å²) in [6.45, 7) is 6.18. The van der Waals surface area contributed by atoms with E-state index in [1.54, 1.807) is 27.0 Å². The van der Waals surface area contributed by atoms with Crippen LogP contribution >= 0.6 is 11.6 Å². The zero-order valence-corrected chi connectivity index (χ0v) is 13.0. The van der Waals surface area contributed by atoms with Gasteiger partial charge in [0.2, 0.25) is 0 Å². The Labute approximate surface area is 124 Å². The molecule has 0 saturated heterocycles. The predicted molar refractivity (Wildman–Crippen MR) is 76.5 cm³/mol. The average molecular weight is 302 g/mol. The van der Waals surface area contributed by atoms with Gasteiger partial charge in [0.25, 0.3) is 0 Å². The number of carbonyl (C=O) groups excluding carboxylic acids is 1. The first-order valence-corrected chi connectivity index (χ1v) is 6.91. The van der Waals surface area contributed by atoms with E-state index in [1.165, 1.54) is 0 Å². The van der Waals surface area contributed by atoms with Crippen molar-refractivity contribution in [3.05, 3.63) is 22.5 Å². The van der Waals surface area contributed by atoms with E-state index in [1.807, 2.05) is 6.92 Å². The second-order valence-electron chi connectivity index (χ2n) is 4.25. The average Bonchev–Trinajstić information content (AvgIpc) is 2.37. The molecule has 20 heavy (non-hydrogen) atoms. The van der Waals surface area contributed by atoms with E-state index in [2.05, 4.69) is 4.98 Å². The van der Waals surface area contributed by atoms with E-state index in [0.29, 0.717) is 18.1 Å². The molecule has 0 saturated carbocycles. The lowest BCUT2D eigenvalue weighted by molar-refractivity contribution is 0.0503. The number of hydrogen-bond donors (Lipinski definition) is 0. The summed E-state index contributed by atoms with van der Waals surface area (Å²) >= 11 is 6.05. The molecular weight excluding hydrogens is 282 g/mol. The molecule has 0 fully saturated rings.